The zero-order valence-electron chi connectivity index (χ0n) is 17.1. The number of aliphatic hydroxyl groups excluding tert-OH is 1. The van der Waals surface area contributed by atoms with E-state index < -0.39 is 11.6 Å². The first kappa shape index (κ1) is 20.7. The third-order valence-electron chi connectivity index (χ3n) is 4.91. The van der Waals surface area contributed by atoms with Crippen LogP contribution in [0.2, 0.25) is 0 Å². The highest BCUT2D eigenvalue weighted by molar-refractivity contribution is 5.75. The standard InChI is InChI=1S/C23H28N2O4/c1-15(2)16-6-5-7-18(12-16)23(3,4)25-22(27)24-14-19(26)17-8-9-20-21(13-17)29-11-10-28-20/h5-9,12-13,19,26H,1,10-11,14H2,2-4H3,(H2,24,25,27). The second-order valence-electron chi connectivity index (χ2n) is 7.74. The van der Waals surface area contributed by atoms with Crippen molar-refractivity contribution < 1.29 is 19.4 Å². The van der Waals surface area contributed by atoms with Gasteiger partial charge in [0.1, 0.15) is 13.2 Å². The Hall–Kier alpha value is -2.99. The molecule has 0 saturated heterocycles. The van der Waals surface area contributed by atoms with Crippen molar-refractivity contribution in [3.63, 3.8) is 0 Å². The maximum atomic E-state index is 12.4. The van der Waals surface area contributed by atoms with Gasteiger partial charge >= 0.3 is 6.03 Å². The topological polar surface area (TPSA) is 79.8 Å². The molecular weight excluding hydrogens is 368 g/mol. The van der Waals surface area contributed by atoms with Crippen molar-refractivity contribution in [1.29, 1.82) is 0 Å². The van der Waals surface area contributed by atoms with Crippen molar-refractivity contribution in [3.05, 3.63) is 65.7 Å². The average Bonchev–Trinajstić information content (AvgIpc) is 2.71. The fraction of sp³-hybridized carbons (Fsp3) is 0.348. The molecule has 0 fully saturated rings. The normalized spacial score (nSPS) is 14.1. The molecule has 1 aliphatic rings. The molecule has 0 radical (unpaired) electrons. The van der Waals surface area contributed by atoms with Crippen LogP contribution in [-0.2, 0) is 5.54 Å². The lowest BCUT2D eigenvalue weighted by atomic mass is 9.92. The summed E-state index contributed by atoms with van der Waals surface area (Å²) in [6.07, 6.45) is -0.855. The number of nitrogens with one attached hydrogen (secondary N) is 2. The molecule has 3 N–H and O–H groups in total. The van der Waals surface area contributed by atoms with Crippen molar-refractivity contribution in [2.24, 2.45) is 0 Å². The summed E-state index contributed by atoms with van der Waals surface area (Å²) in [5.74, 6) is 1.27. The van der Waals surface area contributed by atoms with E-state index in [1.807, 2.05) is 45.0 Å². The number of rotatable bonds is 6. The van der Waals surface area contributed by atoms with Crippen LogP contribution in [0.5, 0.6) is 11.5 Å². The largest absolute Gasteiger partial charge is 0.486 e. The number of benzene rings is 2. The molecule has 0 aliphatic carbocycles. The highest BCUT2D eigenvalue weighted by Crippen LogP contribution is 2.32. The minimum Gasteiger partial charge on any atom is -0.486 e. The average molecular weight is 396 g/mol. The summed E-state index contributed by atoms with van der Waals surface area (Å²) in [6, 6.07) is 12.9. The van der Waals surface area contributed by atoms with Crippen LogP contribution in [0.25, 0.3) is 5.57 Å². The van der Waals surface area contributed by atoms with E-state index in [-0.39, 0.29) is 12.6 Å². The molecule has 1 aliphatic heterocycles. The van der Waals surface area contributed by atoms with E-state index in [9.17, 15) is 9.90 Å². The number of allylic oxidation sites excluding steroid dienone is 1. The molecule has 2 aromatic rings. The van der Waals surface area contributed by atoms with Crippen LogP contribution < -0.4 is 20.1 Å². The number of urea groups is 1. The van der Waals surface area contributed by atoms with Crippen LogP contribution >= 0.6 is 0 Å². The molecule has 2 amide bonds. The van der Waals surface area contributed by atoms with E-state index in [1.54, 1.807) is 18.2 Å². The first-order valence-electron chi connectivity index (χ1n) is 9.66. The Balaban J connectivity index is 1.59. The monoisotopic (exact) mass is 396 g/mol. The number of aliphatic hydroxyl groups is 1. The predicted molar refractivity (Wildman–Crippen MR) is 113 cm³/mol. The summed E-state index contributed by atoms with van der Waals surface area (Å²) >= 11 is 0. The third-order valence-corrected chi connectivity index (χ3v) is 4.91. The van der Waals surface area contributed by atoms with E-state index in [1.165, 1.54) is 0 Å². The van der Waals surface area contributed by atoms with Crippen molar-refractivity contribution in [1.82, 2.24) is 10.6 Å². The molecule has 1 heterocycles. The number of amides is 2. The molecule has 0 aromatic heterocycles. The Morgan fingerprint density at radius 2 is 1.90 bits per heavy atom. The predicted octanol–water partition coefficient (Wildman–Crippen LogP) is 3.76. The summed E-state index contributed by atoms with van der Waals surface area (Å²) in [4.78, 5) is 12.4. The summed E-state index contributed by atoms with van der Waals surface area (Å²) in [5.41, 5.74) is 3.04. The van der Waals surface area contributed by atoms with E-state index in [0.717, 1.165) is 16.7 Å². The van der Waals surface area contributed by atoms with Gasteiger partial charge in [0.2, 0.25) is 0 Å². The van der Waals surface area contributed by atoms with Gasteiger partial charge in [-0.05, 0) is 55.7 Å². The van der Waals surface area contributed by atoms with Gasteiger partial charge < -0.3 is 25.2 Å². The van der Waals surface area contributed by atoms with E-state index in [2.05, 4.69) is 17.2 Å². The van der Waals surface area contributed by atoms with Gasteiger partial charge in [0.05, 0.1) is 11.6 Å². The van der Waals surface area contributed by atoms with Crippen molar-refractivity contribution >= 4 is 11.6 Å². The second-order valence-corrected chi connectivity index (χ2v) is 7.74. The lowest BCUT2D eigenvalue weighted by Crippen LogP contribution is -2.47. The minimum atomic E-state index is -0.855. The first-order chi connectivity index (χ1) is 13.8. The summed E-state index contributed by atoms with van der Waals surface area (Å²) in [5, 5.41) is 16.1. The van der Waals surface area contributed by atoms with Gasteiger partial charge in [0.25, 0.3) is 0 Å². The lowest BCUT2D eigenvalue weighted by molar-refractivity contribution is 0.162. The highest BCUT2D eigenvalue weighted by atomic mass is 16.6. The first-order valence-corrected chi connectivity index (χ1v) is 9.66. The Bertz CT molecular complexity index is 908. The molecule has 154 valence electrons. The maximum absolute atomic E-state index is 12.4. The van der Waals surface area contributed by atoms with E-state index in [0.29, 0.717) is 30.3 Å². The Morgan fingerprint density at radius 1 is 1.17 bits per heavy atom. The van der Waals surface area contributed by atoms with Gasteiger partial charge in [-0.3, -0.25) is 0 Å². The van der Waals surface area contributed by atoms with Gasteiger partial charge in [0.15, 0.2) is 11.5 Å². The second kappa shape index (κ2) is 8.57. The SMILES string of the molecule is C=C(C)c1cccc(C(C)(C)NC(=O)NCC(O)c2ccc3c(c2)OCCO3)c1. The number of carbonyl (C=O) groups excluding carboxylic acids is 1. The molecule has 2 aromatic carbocycles. The van der Waals surface area contributed by atoms with Crippen LogP contribution in [0.1, 0.15) is 43.6 Å². The summed E-state index contributed by atoms with van der Waals surface area (Å²) in [6.45, 7) is 10.9. The maximum Gasteiger partial charge on any atom is 0.315 e. The Morgan fingerprint density at radius 3 is 2.62 bits per heavy atom. The zero-order chi connectivity index (χ0) is 21.0. The fourth-order valence-electron chi connectivity index (χ4n) is 3.15. The van der Waals surface area contributed by atoms with Crippen molar-refractivity contribution in [3.8, 4) is 11.5 Å². The van der Waals surface area contributed by atoms with Gasteiger partial charge in [0, 0.05) is 6.54 Å². The number of hydrogen-bond donors (Lipinski definition) is 3. The smallest absolute Gasteiger partial charge is 0.315 e. The molecule has 0 saturated carbocycles. The van der Waals surface area contributed by atoms with Gasteiger partial charge in [-0.1, -0.05) is 36.4 Å². The number of carbonyl (C=O) groups is 1. The minimum absolute atomic E-state index is 0.0767. The van der Waals surface area contributed by atoms with Crippen LogP contribution in [0, 0.1) is 0 Å². The molecule has 1 unspecified atom stereocenters. The van der Waals surface area contributed by atoms with Crippen LogP contribution in [0.3, 0.4) is 0 Å². The van der Waals surface area contributed by atoms with Crippen LogP contribution in [-0.4, -0.2) is 30.9 Å². The van der Waals surface area contributed by atoms with Gasteiger partial charge in [-0.25, -0.2) is 4.79 Å². The van der Waals surface area contributed by atoms with Crippen molar-refractivity contribution in [2.75, 3.05) is 19.8 Å². The molecule has 29 heavy (non-hydrogen) atoms. The molecular formula is C23H28N2O4. The quantitative estimate of drug-likeness (QED) is 0.695. The fourth-order valence-corrected chi connectivity index (χ4v) is 3.15. The van der Waals surface area contributed by atoms with E-state index in [4.69, 9.17) is 9.47 Å². The molecule has 3 rings (SSSR count). The number of fused-ring (bicyclic) bond motifs is 1. The van der Waals surface area contributed by atoms with Crippen LogP contribution in [0.15, 0.2) is 49.0 Å². The molecule has 0 spiro atoms. The Kier molecular flexibility index (Phi) is 6.13. The molecule has 0 bridgehead atoms. The summed E-state index contributed by atoms with van der Waals surface area (Å²) < 4.78 is 11.0. The zero-order valence-corrected chi connectivity index (χ0v) is 17.1. The van der Waals surface area contributed by atoms with Crippen LogP contribution in [0.4, 0.5) is 4.79 Å². The third kappa shape index (κ3) is 5.09. The highest BCUT2D eigenvalue weighted by Gasteiger charge is 2.24. The summed E-state index contributed by atoms with van der Waals surface area (Å²) in [7, 11) is 0. The molecule has 6 nitrogen and oxygen atoms in total. The molecule has 1 atom stereocenters. The van der Waals surface area contributed by atoms with E-state index >= 15 is 0 Å². The van der Waals surface area contributed by atoms with Gasteiger partial charge in [-0.15, -0.1) is 0 Å². The van der Waals surface area contributed by atoms with Gasteiger partial charge in [-0.2, -0.15) is 0 Å². The molecule has 6 heteroatoms. The Labute approximate surface area is 171 Å². The van der Waals surface area contributed by atoms with Crippen molar-refractivity contribution in [2.45, 2.75) is 32.4 Å². The lowest BCUT2D eigenvalue weighted by Gasteiger charge is -2.28. The number of ether oxygens (including phenoxy) is 2. The number of hydrogen-bond acceptors (Lipinski definition) is 4.